The standard InChI is InChI=1S/C17H19ClN2O2/c1-4-13(10(2)3)15(19)16(21)14-9-20-22-17(14)11-5-7-12(18)8-6-11/h5-10,13,19H,4H2,1-3H3. The normalized spacial score (nSPS) is 12.4. The molecule has 1 aromatic carbocycles. The molecule has 5 heteroatoms. The number of carbonyl (C=O) groups excluding carboxylic acids is 1. The van der Waals surface area contributed by atoms with Crippen LogP contribution in [0.1, 0.15) is 37.6 Å². The van der Waals surface area contributed by atoms with Crippen LogP contribution in [0.25, 0.3) is 11.3 Å². The van der Waals surface area contributed by atoms with Crippen LogP contribution >= 0.6 is 11.6 Å². The number of ketones is 1. The van der Waals surface area contributed by atoms with Crippen molar-refractivity contribution in [3.8, 4) is 11.3 Å². The summed E-state index contributed by atoms with van der Waals surface area (Å²) in [5, 5.41) is 12.5. The lowest BCUT2D eigenvalue weighted by Crippen LogP contribution is -2.26. The molecule has 0 spiro atoms. The number of aromatic nitrogens is 1. The molecule has 1 aromatic heterocycles. The number of hydrogen-bond donors (Lipinski definition) is 1. The summed E-state index contributed by atoms with van der Waals surface area (Å²) in [5.74, 6) is 0.220. The Bertz CT molecular complexity index is 674. The molecular formula is C17H19ClN2O2. The second-order valence-electron chi connectivity index (χ2n) is 5.58. The van der Waals surface area contributed by atoms with Gasteiger partial charge in [-0.05, 0) is 36.6 Å². The molecule has 1 unspecified atom stereocenters. The summed E-state index contributed by atoms with van der Waals surface area (Å²) >= 11 is 5.87. The predicted molar refractivity (Wildman–Crippen MR) is 87.6 cm³/mol. The van der Waals surface area contributed by atoms with E-state index in [1.54, 1.807) is 24.3 Å². The fraction of sp³-hybridized carbons (Fsp3) is 0.353. The van der Waals surface area contributed by atoms with E-state index < -0.39 is 0 Å². The molecule has 0 saturated carbocycles. The summed E-state index contributed by atoms with van der Waals surface area (Å²) in [6.45, 7) is 6.02. The van der Waals surface area contributed by atoms with Crippen molar-refractivity contribution in [1.82, 2.24) is 5.16 Å². The maximum Gasteiger partial charge on any atom is 0.212 e. The van der Waals surface area contributed by atoms with Crippen molar-refractivity contribution >= 4 is 23.1 Å². The summed E-state index contributed by atoms with van der Waals surface area (Å²) in [6, 6.07) is 6.98. The van der Waals surface area contributed by atoms with E-state index in [2.05, 4.69) is 5.16 Å². The Morgan fingerprint density at radius 3 is 2.50 bits per heavy atom. The highest BCUT2D eigenvalue weighted by Crippen LogP contribution is 2.27. The number of hydrogen-bond acceptors (Lipinski definition) is 4. The number of rotatable bonds is 6. The van der Waals surface area contributed by atoms with Gasteiger partial charge in [0.05, 0.1) is 17.5 Å². The summed E-state index contributed by atoms with van der Waals surface area (Å²) in [7, 11) is 0. The Labute approximate surface area is 135 Å². The van der Waals surface area contributed by atoms with Gasteiger partial charge in [-0.25, -0.2) is 0 Å². The maximum absolute atomic E-state index is 12.6. The highest BCUT2D eigenvalue weighted by Gasteiger charge is 2.27. The van der Waals surface area contributed by atoms with Gasteiger partial charge in [-0.3, -0.25) is 4.79 Å². The van der Waals surface area contributed by atoms with Crippen LogP contribution in [0.3, 0.4) is 0 Å². The lowest BCUT2D eigenvalue weighted by molar-refractivity contribution is 0.105. The first-order valence-electron chi connectivity index (χ1n) is 7.29. The van der Waals surface area contributed by atoms with Crippen LogP contribution in [0.2, 0.25) is 5.02 Å². The van der Waals surface area contributed by atoms with Gasteiger partial charge in [-0.1, -0.05) is 37.5 Å². The van der Waals surface area contributed by atoms with E-state index in [1.807, 2.05) is 20.8 Å². The SMILES string of the molecule is CCC(C(=N)C(=O)c1cnoc1-c1ccc(Cl)cc1)C(C)C. The molecular weight excluding hydrogens is 300 g/mol. The van der Waals surface area contributed by atoms with Crippen molar-refractivity contribution in [2.75, 3.05) is 0 Å². The summed E-state index contributed by atoms with van der Waals surface area (Å²) in [6.07, 6.45) is 2.14. The largest absolute Gasteiger partial charge is 0.356 e. The minimum absolute atomic E-state index is 0.0690. The summed E-state index contributed by atoms with van der Waals surface area (Å²) in [5.41, 5.74) is 1.15. The Balaban J connectivity index is 2.34. The molecule has 2 aromatic rings. The van der Waals surface area contributed by atoms with Gasteiger partial charge in [0.1, 0.15) is 0 Å². The maximum atomic E-state index is 12.6. The first-order chi connectivity index (χ1) is 10.5. The first kappa shape index (κ1) is 16.4. The number of nitrogens with zero attached hydrogens (tertiary/aromatic N) is 1. The molecule has 4 nitrogen and oxygen atoms in total. The zero-order chi connectivity index (χ0) is 16.3. The molecule has 1 heterocycles. The Morgan fingerprint density at radius 2 is 1.95 bits per heavy atom. The lowest BCUT2D eigenvalue weighted by atomic mass is 9.85. The molecule has 0 aliphatic carbocycles. The Kier molecular flexibility index (Phi) is 5.14. The van der Waals surface area contributed by atoms with Gasteiger partial charge >= 0.3 is 0 Å². The molecule has 0 saturated heterocycles. The molecule has 2 rings (SSSR count). The molecule has 22 heavy (non-hydrogen) atoms. The smallest absolute Gasteiger partial charge is 0.212 e. The van der Waals surface area contributed by atoms with Crippen LogP contribution in [-0.4, -0.2) is 16.7 Å². The van der Waals surface area contributed by atoms with Gasteiger partial charge in [0.25, 0.3) is 0 Å². The third-order valence-electron chi connectivity index (χ3n) is 3.78. The monoisotopic (exact) mass is 318 g/mol. The quantitative estimate of drug-likeness (QED) is 0.609. The molecule has 0 radical (unpaired) electrons. The molecule has 0 fully saturated rings. The minimum Gasteiger partial charge on any atom is -0.356 e. The van der Waals surface area contributed by atoms with Gasteiger partial charge in [0.2, 0.25) is 5.78 Å². The minimum atomic E-state index is -0.327. The van der Waals surface area contributed by atoms with E-state index in [9.17, 15) is 4.79 Å². The topological polar surface area (TPSA) is 67.0 Å². The van der Waals surface area contributed by atoms with Crippen molar-refractivity contribution in [3.05, 3.63) is 41.0 Å². The third kappa shape index (κ3) is 3.28. The number of Topliss-reactive ketones (excluding diaryl/α,β-unsaturated/α-hetero) is 1. The van der Waals surface area contributed by atoms with Crippen LogP contribution in [0.5, 0.6) is 0 Å². The van der Waals surface area contributed by atoms with Crippen LogP contribution < -0.4 is 0 Å². The van der Waals surface area contributed by atoms with Crippen LogP contribution in [0.4, 0.5) is 0 Å². The van der Waals surface area contributed by atoms with E-state index in [-0.39, 0.29) is 23.3 Å². The highest BCUT2D eigenvalue weighted by molar-refractivity contribution is 6.46. The molecule has 116 valence electrons. The zero-order valence-corrected chi connectivity index (χ0v) is 13.6. The second-order valence-corrected chi connectivity index (χ2v) is 6.01. The number of carbonyl (C=O) groups is 1. The van der Waals surface area contributed by atoms with Gasteiger partial charge in [-0.2, -0.15) is 0 Å². The number of nitrogens with one attached hydrogen (secondary N) is 1. The van der Waals surface area contributed by atoms with Crippen molar-refractivity contribution in [3.63, 3.8) is 0 Å². The molecule has 0 bridgehead atoms. The fourth-order valence-corrected chi connectivity index (χ4v) is 2.66. The first-order valence-corrected chi connectivity index (χ1v) is 7.67. The van der Waals surface area contributed by atoms with Gasteiger partial charge in [0, 0.05) is 16.5 Å². The average molecular weight is 319 g/mol. The van der Waals surface area contributed by atoms with E-state index >= 15 is 0 Å². The molecule has 0 aliphatic rings. The molecule has 1 N–H and O–H groups in total. The van der Waals surface area contributed by atoms with E-state index in [4.69, 9.17) is 21.5 Å². The van der Waals surface area contributed by atoms with Crippen LogP contribution in [0, 0.1) is 17.2 Å². The Morgan fingerprint density at radius 1 is 1.32 bits per heavy atom. The number of benzene rings is 1. The fourth-order valence-electron chi connectivity index (χ4n) is 2.53. The second kappa shape index (κ2) is 6.88. The molecule has 0 amide bonds. The average Bonchev–Trinajstić information content (AvgIpc) is 2.96. The highest BCUT2D eigenvalue weighted by atomic mass is 35.5. The number of halogens is 1. The van der Waals surface area contributed by atoms with Crippen molar-refractivity contribution in [1.29, 1.82) is 5.41 Å². The summed E-state index contributed by atoms with van der Waals surface area (Å²) < 4.78 is 5.23. The van der Waals surface area contributed by atoms with Crippen molar-refractivity contribution < 1.29 is 9.32 Å². The lowest BCUT2D eigenvalue weighted by Gasteiger charge is -2.18. The van der Waals surface area contributed by atoms with Crippen LogP contribution in [-0.2, 0) is 0 Å². The Hall–Kier alpha value is -1.94. The summed E-state index contributed by atoms with van der Waals surface area (Å²) in [4.78, 5) is 12.6. The van der Waals surface area contributed by atoms with Gasteiger partial charge in [-0.15, -0.1) is 0 Å². The van der Waals surface area contributed by atoms with Crippen molar-refractivity contribution in [2.24, 2.45) is 11.8 Å². The predicted octanol–water partition coefficient (Wildman–Crippen LogP) is 4.88. The van der Waals surface area contributed by atoms with Crippen LogP contribution in [0.15, 0.2) is 35.0 Å². The van der Waals surface area contributed by atoms with E-state index in [0.29, 0.717) is 16.3 Å². The van der Waals surface area contributed by atoms with E-state index in [1.165, 1.54) is 6.20 Å². The molecule has 0 aliphatic heterocycles. The third-order valence-corrected chi connectivity index (χ3v) is 4.03. The van der Waals surface area contributed by atoms with Crippen molar-refractivity contribution in [2.45, 2.75) is 27.2 Å². The van der Waals surface area contributed by atoms with E-state index in [0.717, 1.165) is 12.0 Å². The van der Waals surface area contributed by atoms with Gasteiger partial charge < -0.3 is 9.93 Å². The zero-order valence-electron chi connectivity index (χ0n) is 12.9. The van der Waals surface area contributed by atoms with Gasteiger partial charge in [0.15, 0.2) is 5.76 Å². The molecule has 1 atom stereocenters.